The third-order valence-corrected chi connectivity index (χ3v) is 5.12. The Kier molecular flexibility index (Phi) is 4.02. The molecule has 3 heterocycles. The van der Waals surface area contributed by atoms with Crippen molar-refractivity contribution < 1.29 is 18.7 Å². The zero-order chi connectivity index (χ0) is 19.1. The van der Waals surface area contributed by atoms with Gasteiger partial charge in [-0.15, -0.1) is 0 Å². The quantitative estimate of drug-likeness (QED) is 0.630. The summed E-state index contributed by atoms with van der Waals surface area (Å²) in [6, 6.07) is 15.4. The molecule has 0 spiro atoms. The molecule has 0 radical (unpaired) electrons. The molecule has 1 aromatic heterocycles. The highest BCUT2D eigenvalue weighted by atomic mass is 16.5. The molecule has 5 nitrogen and oxygen atoms in total. The van der Waals surface area contributed by atoms with E-state index in [0.29, 0.717) is 36.9 Å². The lowest BCUT2D eigenvalue weighted by Crippen LogP contribution is -2.31. The molecule has 0 saturated heterocycles. The maximum Gasteiger partial charge on any atom is 0.231 e. The molecule has 5 heteroatoms. The zero-order valence-electron chi connectivity index (χ0n) is 15.5. The van der Waals surface area contributed by atoms with Crippen LogP contribution < -0.4 is 9.47 Å². The van der Waals surface area contributed by atoms with E-state index in [1.165, 1.54) is 0 Å². The second-order valence-electron chi connectivity index (χ2n) is 7.06. The van der Waals surface area contributed by atoms with Gasteiger partial charge in [-0.1, -0.05) is 24.3 Å². The van der Waals surface area contributed by atoms with Gasteiger partial charge in [0.25, 0.3) is 0 Å². The van der Waals surface area contributed by atoms with E-state index < -0.39 is 0 Å². The molecule has 0 unspecified atom stereocenters. The third-order valence-electron chi connectivity index (χ3n) is 5.12. The van der Waals surface area contributed by atoms with Gasteiger partial charge in [-0.3, -0.25) is 9.69 Å². The molecule has 3 aromatic rings. The maximum absolute atomic E-state index is 12.9. The smallest absolute Gasteiger partial charge is 0.231 e. The SMILES string of the molecule is Cc1ccccc1/C=C1\Oc2c(ccc3c2CN(Cc2ccco2)CO3)C1=O. The summed E-state index contributed by atoms with van der Waals surface area (Å²) in [5.74, 6) is 2.49. The van der Waals surface area contributed by atoms with Crippen LogP contribution in [0.15, 0.2) is 65.0 Å². The molecule has 2 aliphatic rings. The van der Waals surface area contributed by atoms with Crippen molar-refractivity contribution in [3.63, 3.8) is 0 Å². The van der Waals surface area contributed by atoms with Crippen LogP contribution in [-0.2, 0) is 13.1 Å². The molecule has 0 saturated carbocycles. The lowest BCUT2D eigenvalue weighted by atomic mass is 10.0. The van der Waals surface area contributed by atoms with Crippen molar-refractivity contribution in [3.05, 3.63) is 88.6 Å². The van der Waals surface area contributed by atoms with Gasteiger partial charge in [-0.2, -0.15) is 0 Å². The fourth-order valence-electron chi connectivity index (χ4n) is 3.62. The Morgan fingerprint density at radius 2 is 2.00 bits per heavy atom. The maximum atomic E-state index is 12.9. The Morgan fingerprint density at radius 3 is 2.82 bits per heavy atom. The fraction of sp³-hybridized carbons (Fsp3) is 0.174. The molecule has 0 aliphatic carbocycles. The number of Topliss-reactive ketones (excluding diaryl/α,β-unsaturated/α-hetero) is 1. The summed E-state index contributed by atoms with van der Waals surface area (Å²) in [7, 11) is 0. The van der Waals surface area contributed by atoms with E-state index in [-0.39, 0.29) is 5.78 Å². The highest BCUT2D eigenvalue weighted by Crippen LogP contribution is 2.42. The number of allylic oxidation sites excluding steroid dienone is 1. The Hall–Kier alpha value is -3.31. The van der Waals surface area contributed by atoms with E-state index in [0.717, 1.165) is 28.2 Å². The average Bonchev–Trinajstić information content (AvgIpc) is 3.32. The Bertz CT molecular complexity index is 1080. The molecule has 0 N–H and O–H groups in total. The fourth-order valence-corrected chi connectivity index (χ4v) is 3.62. The van der Waals surface area contributed by atoms with E-state index in [4.69, 9.17) is 13.9 Å². The van der Waals surface area contributed by atoms with Crippen molar-refractivity contribution in [1.29, 1.82) is 0 Å². The zero-order valence-corrected chi connectivity index (χ0v) is 15.5. The van der Waals surface area contributed by atoms with Gasteiger partial charge in [-0.05, 0) is 48.4 Å². The first-order chi connectivity index (χ1) is 13.7. The van der Waals surface area contributed by atoms with Crippen LogP contribution in [-0.4, -0.2) is 17.4 Å². The molecule has 0 amide bonds. The lowest BCUT2D eigenvalue weighted by Gasteiger charge is -2.29. The third kappa shape index (κ3) is 2.90. The van der Waals surface area contributed by atoms with Crippen LogP contribution >= 0.6 is 0 Å². The first-order valence-corrected chi connectivity index (χ1v) is 9.22. The van der Waals surface area contributed by atoms with Gasteiger partial charge in [0.2, 0.25) is 5.78 Å². The van der Waals surface area contributed by atoms with Gasteiger partial charge in [0, 0.05) is 6.54 Å². The molecule has 0 atom stereocenters. The number of ether oxygens (including phenoxy) is 2. The molecule has 0 bridgehead atoms. The molecule has 0 fully saturated rings. The van der Waals surface area contributed by atoms with E-state index in [2.05, 4.69) is 4.90 Å². The van der Waals surface area contributed by atoms with Gasteiger partial charge < -0.3 is 13.9 Å². The minimum Gasteiger partial charge on any atom is -0.478 e. The average molecular weight is 373 g/mol. The number of hydrogen-bond acceptors (Lipinski definition) is 5. The van der Waals surface area contributed by atoms with Gasteiger partial charge in [0.15, 0.2) is 5.76 Å². The molecule has 140 valence electrons. The number of furan rings is 1. The van der Waals surface area contributed by atoms with Crippen LogP contribution in [0, 0.1) is 6.92 Å². The Morgan fingerprint density at radius 1 is 1.11 bits per heavy atom. The molecular weight excluding hydrogens is 354 g/mol. The number of nitrogens with zero attached hydrogens (tertiary/aromatic N) is 1. The number of carbonyl (C=O) groups is 1. The van der Waals surface area contributed by atoms with E-state index in [1.54, 1.807) is 12.3 Å². The number of carbonyl (C=O) groups excluding carboxylic acids is 1. The largest absolute Gasteiger partial charge is 0.478 e. The van der Waals surface area contributed by atoms with Crippen molar-refractivity contribution in [2.45, 2.75) is 20.0 Å². The van der Waals surface area contributed by atoms with Gasteiger partial charge in [0.05, 0.1) is 23.9 Å². The van der Waals surface area contributed by atoms with Crippen molar-refractivity contribution >= 4 is 11.9 Å². The Balaban J connectivity index is 1.46. The van der Waals surface area contributed by atoms with Crippen LogP contribution in [0.1, 0.15) is 32.8 Å². The molecule has 28 heavy (non-hydrogen) atoms. The lowest BCUT2D eigenvalue weighted by molar-refractivity contribution is 0.0810. The van der Waals surface area contributed by atoms with Crippen molar-refractivity contribution in [3.8, 4) is 11.5 Å². The summed E-state index contributed by atoms with van der Waals surface area (Å²) < 4.78 is 17.4. The number of benzene rings is 2. The second-order valence-corrected chi connectivity index (χ2v) is 7.06. The summed E-state index contributed by atoms with van der Waals surface area (Å²) in [6.07, 6.45) is 3.48. The number of hydrogen-bond donors (Lipinski definition) is 0. The minimum atomic E-state index is -0.0933. The summed E-state index contributed by atoms with van der Waals surface area (Å²) >= 11 is 0. The van der Waals surface area contributed by atoms with Gasteiger partial charge in [0.1, 0.15) is 24.0 Å². The summed E-state index contributed by atoms with van der Waals surface area (Å²) in [5.41, 5.74) is 3.56. The Labute approximate surface area is 162 Å². The monoisotopic (exact) mass is 373 g/mol. The summed E-state index contributed by atoms with van der Waals surface area (Å²) in [4.78, 5) is 15.0. The molecule has 5 rings (SSSR count). The van der Waals surface area contributed by atoms with E-state index >= 15 is 0 Å². The summed E-state index contributed by atoms with van der Waals surface area (Å²) in [5, 5.41) is 0. The summed E-state index contributed by atoms with van der Waals surface area (Å²) in [6.45, 7) is 3.74. The van der Waals surface area contributed by atoms with Crippen LogP contribution in [0.3, 0.4) is 0 Å². The van der Waals surface area contributed by atoms with Crippen LogP contribution in [0.4, 0.5) is 0 Å². The van der Waals surface area contributed by atoms with E-state index in [9.17, 15) is 4.79 Å². The predicted molar refractivity (Wildman–Crippen MR) is 104 cm³/mol. The van der Waals surface area contributed by atoms with Gasteiger partial charge in [-0.25, -0.2) is 0 Å². The minimum absolute atomic E-state index is 0.0933. The number of fused-ring (bicyclic) bond motifs is 3. The highest BCUT2D eigenvalue weighted by molar-refractivity contribution is 6.15. The molecule has 2 aliphatic heterocycles. The van der Waals surface area contributed by atoms with Crippen molar-refractivity contribution in [2.24, 2.45) is 0 Å². The van der Waals surface area contributed by atoms with Crippen LogP contribution in [0.2, 0.25) is 0 Å². The topological polar surface area (TPSA) is 51.9 Å². The first-order valence-electron chi connectivity index (χ1n) is 9.22. The standard InChI is InChI=1S/C23H19NO4/c1-15-5-2-3-6-16(15)11-21-22(25)18-8-9-20-19(23(18)28-21)13-24(14-27-20)12-17-7-4-10-26-17/h2-11H,12-14H2,1H3/b21-11-. The number of rotatable bonds is 3. The van der Waals surface area contributed by atoms with Crippen LogP contribution in [0.25, 0.3) is 6.08 Å². The highest BCUT2D eigenvalue weighted by Gasteiger charge is 2.33. The predicted octanol–water partition coefficient (Wildman–Crippen LogP) is 4.56. The molecular formula is C23H19NO4. The van der Waals surface area contributed by atoms with Crippen LogP contribution in [0.5, 0.6) is 11.5 Å². The van der Waals surface area contributed by atoms with Crippen molar-refractivity contribution in [1.82, 2.24) is 4.90 Å². The molecule has 2 aromatic carbocycles. The normalized spacial score (nSPS) is 17.2. The second kappa shape index (κ2) is 6.69. The van der Waals surface area contributed by atoms with Gasteiger partial charge >= 0.3 is 0 Å². The van der Waals surface area contributed by atoms with Crippen molar-refractivity contribution in [2.75, 3.05) is 6.73 Å². The first kappa shape index (κ1) is 16.8. The number of aryl methyl sites for hydroxylation is 1. The van der Waals surface area contributed by atoms with E-state index in [1.807, 2.05) is 55.5 Å². The number of ketones is 1.